The third kappa shape index (κ3) is 3.85. The molecule has 112 valence electrons. The van der Waals surface area contributed by atoms with Crippen molar-refractivity contribution in [3.63, 3.8) is 0 Å². The van der Waals surface area contributed by atoms with E-state index in [0.29, 0.717) is 5.41 Å². The molecule has 1 heteroatoms. The molecule has 1 aromatic carbocycles. The number of hydrogen-bond donors (Lipinski definition) is 1. The molecule has 0 aliphatic heterocycles. The van der Waals surface area contributed by atoms with Crippen molar-refractivity contribution >= 4 is 0 Å². The number of aryl methyl sites for hydroxylation is 1. The Bertz CT molecular complexity index is 408. The fourth-order valence-electron chi connectivity index (χ4n) is 3.72. The molecule has 0 radical (unpaired) electrons. The molecular formula is C19H31N. The lowest BCUT2D eigenvalue weighted by atomic mass is 9.68. The molecule has 0 aromatic heterocycles. The van der Waals surface area contributed by atoms with E-state index < -0.39 is 0 Å². The van der Waals surface area contributed by atoms with Crippen LogP contribution in [0, 0.1) is 11.3 Å². The van der Waals surface area contributed by atoms with E-state index in [1.54, 1.807) is 5.56 Å². The predicted molar refractivity (Wildman–Crippen MR) is 88.0 cm³/mol. The summed E-state index contributed by atoms with van der Waals surface area (Å²) in [6.45, 7) is 7.98. The van der Waals surface area contributed by atoms with Gasteiger partial charge in [-0.05, 0) is 73.4 Å². The summed E-state index contributed by atoms with van der Waals surface area (Å²) < 4.78 is 0. The highest BCUT2D eigenvalue weighted by Gasteiger charge is 2.30. The minimum atomic E-state index is 0.476. The summed E-state index contributed by atoms with van der Waals surface area (Å²) in [5, 5.41) is 0. The molecule has 0 unspecified atom stereocenters. The van der Waals surface area contributed by atoms with Crippen molar-refractivity contribution in [2.75, 3.05) is 6.54 Å². The van der Waals surface area contributed by atoms with E-state index in [1.165, 1.54) is 31.2 Å². The topological polar surface area (TPSA) is 26.0 Å². The molecule has 20 heavy (non-hydrogen) atoms. The summed E-state index contributed by atoms with van der Waals surface area (Å²) in [5.41, 5.74) is 9.29. The molecule has 0 heterocycles. The monoisotopic (exact) mass is 273 g/mol. The summed E-state index contributed by atoms with van der Waals surface area (Å²) in [5.74, 6) is 1.68. The van der Waals surface area contributed by atoms with Crippen LogP contribution in [0.2, 0.25) is 0 Å². The van der Waals surface area contributed by atoms with E-state index in [2.05, 4.69) is 45.0 Å². The van der Waals surface area contributed by atoms with Crippen molar-refractivity contribution < 1.29 is 0 Å². The first kappa shape index (κ1) is 15.6. The fraction of sp³-hybridized carbons (Fsp3) is 0.684. The Labute approximate surface area is 125 Å². The number of benzene rings is 1. The van der Waals surface area contributed by atoms with Crippen molar-refractivity contribution in [2.45, 2.75) is 65.2 Å². The van der Waals surface area contributed by atoms with Gasteiger partial charge in [-0.1, -0.05) is 45.0 Å². The van der Waals surface area contributed by atoms with Crippen molar-refractivity contribution in [3.05, 3.63) is 35.4 Å². The van der Waals surface area contributed by atoms with Gasteiger partial charge < -0.3 is 5.73 Å². The average molecular weight is 273 g/mol. The predicted octanol–water partition coefficient (Wildman–Crippen LogP) is 4.90. The van der Waals surface area contributed by atoms with Crippen molar-refractivity contribution in [1.82, 2.24) is 0 Å². The third-order valence-electron chi connectivity index (χ3n) is 5.10. The van der Waals surface area contributed by atoms with Crippen LogP contribution in [0.3, 0.4) is 0 Å². The van der Waals surface area contributed by atoms with Gasteiger partial charge in [-0.15, -0.1) is 0 Å². The highest BCUT2D eigenvalue weighted by molar-refractivity contribution is 5.31. The van der Waals surface area contributed by atoms with Gasteiger partial charge in [-0.3, -0.25) is 0 Å². The molecule has 1 nitrogen and oxygen atoms in total. The maximum absolute atomic E-state index is 5.67. The Balaban J connectivity index is 2.03. The molecule has 1 aliphatic rings. The molecule has 1 fully saturated rings. The van der Waals surface area contributed by atoms with Gasteiger partial charge in [0.05, 0.1) is 0 Å². The molecular weight excluding hydrogens is 242 g/mol. The van der Waals surface area contributed by atoms with Crippen LogP contribution >= 0.6 is 0 Å². The quantitative estimate of drug-likeness (QED) is 0.829. The molecule has 0 amide bonds. The molecule has 2 rings (SSSR count). The first-order valence-electron chi connectivity index (χ1n) is 8.30. The molecule has 2 N–H and O–H groups in total. The second-order valence-corrected chi connectivity index (χ2v) is 7.51. The number of nitrogens with two attached hydrogens (primary N) is 1. The van der Waals surface area contributed by atoms with E-state index in [4.69, 9.17) is 5.73 Å². The molecule has 0 atom stereocenters. The van der Waals surface area contributed by atoms with Crippen molar-refractivity contribution in [3.8, 4) is 0 Å². The molecule has 0 spiro atoms. The van der Waals surface area contributed by atoms with Gasteiger partial charge in [0.25, 0.3) is 0 Å². The zero-order valence-electron chi connectivity index (χ0n) is 13.5. The van der Waals surface area contributed by atoms with Gasteiger partial charge in [0.2, 0.25) is 0 Å². The Morgan fingerprint density at radius 1 is 1.05 bits per heavy atom. The van der Waals surface area contributed by atoms with Crippen LogP contribution in [0.4, 0.5) is 0 Å². The highest BCUT2D eigenvalue weighted by atomic mass is 14.5. The van der Waals surface area contributed by atoms with Crippen LogP contribution in [0.25, 0.3) is 0 Å². The first-order chi connectivity index (χ1) is 9.52. The SMILES string of the molecule is CC(C)(C)C1CCC(c2ccccc2CCCN)CC1. The fourth-order valence-corrected chi connectivity index (χ4v) is 3.72. The summed E-state index contributed by atoms with van der Waals surface area (Å²) in [6.07, 6.45) is 7.75. The summed E-state index contributed by atoms with van der Waals surface area (Å²) in [6, 6.07) is 9.04. The van der Waals surface area contributed by atoms with Gasteiger partial charge in [0.1, 0.15) is 0 Å². The van der Waals surface area contributed by atoms with Gasteiger partial charge in [-0.25, -0.2) is 0 Å². The number of rotatable bonds is 4. The van der Waals surface area contributed by atoms with Crippen LogP contribution in [-0.4, -0.2) is 6.54 Å². The van der Waals surface area contributed by atoms with E-state index in [0.717, 1.165) is 31.2 Å². The van der Waals surface area contributed by atoms with Crippen molar-refractivity contribution in [1.29, 1.82) is 0 Å². The van der Waals surface area contributed by atoms with Crippen LogP contribution in [-0.2, 0) is 6.42 Å². The van der Waals surface area contributed by atoms with E-state index in [9.17, 15) is 0 Å². The number of hydrogen-bond acceptors (Lipinski definition) is 1. The summed E-state index contributed by atoms with van der Waals surface area (Å²) >= 11 is 0. The standard InChI is InChI=1S/C19H31N/c1-19(2,3)17-12-10-16(11-13-17)18-9-5-4-7-15(18)8-6-14-20/h4-5,7,9,16-17H,6,8,10-14,20H2,1-3H3. The Morgan fingerprint density at radius 3 is 2.30 bits per heavy atom. The van der Waals surface area contributed by atoms with Crippen LogP contribution in [0.5, 0.6) is 0 Å². The third-order valence-corrected chi connectivity index (χ3v) is 5.10. The largest absolute Gasteiger partial charge is 0.330 e. The Kier molecular flexibility index (Phi) is 5.26. The maximum atomic E-state index is 5.67. The van der Waals surface area contributed by atoms with Gasteiger partial charge in [0.15, 0.2) is 0 Å². The first-order valence-corrected chi connectivity index (χ1v) is 8.30. The van der Waals surface area contributed by atoms with Gasteiger partial charge >= 0.3 is 0 Å². The van der Waals surface area contributed by atoms with Crippen LogP contribution in [0.1, 0.15) is 69.9 Å². The average Bonchev–Trinajstić information content (AvgIpc) is 2.45. The lowest BCUT2D eigenvalue weighted by Crippen LogP contribution is -2.25. The normalized spacial score (nSPS) is 23.8. The maximum Gasteiger partial charge on any atom is -0.00741 e. The zero-order chi connectivity index (χ0) is 14.6. The Hall–Kier alpha value is -0.820. The van der Waals surface area contributed by atoms with Gasteiger partial charge in [-0.2, -0.15) is 0 Å². The molecule has 1 saturated carbocycles. The smallest absolute Gasteiger partial charge is 0.00741 e. The highest BCUT2D eigenvalue weighted by Crippen LogP contribution is 2.43. The van der Waals surface area contributed by atoms with E-state index in [-0.39, 0.29) is 0 Å². The summed E-state index contributed by atoms with van der Waals surface area (Å²) in [4.78, 5) is 0. The molecule has 1 aromatic rings. The minimum Gasteiger partial charge on any atom is -0.330 e. The zero-order valence-corrected chi connectivity index (χ0v) is 13.5. The summed E-state index contributed by atoms with van der Waals surface area (Å²) in [7, 11) is 0. The second-order valence-electron chi connectivity index (χ2n) is 7.51. The van der Waals surface area contributed by atoms with Gasteiger partial charge in [0, 0.05) is 0 Å². The molecule has 1 aliphatic carbocycles. The molecule has 0 saturated heterocycles. The van der Waals surface area contributed by atoms with E-state index >= 15 is 0 Å². The van der Waals surface area contributed by atoms with Crippen molar-refractivity contribution in [2.24, 2.45) is 17.1 Å². The van der Waals surface area contributed by atoms with E-state index in [1.807, 2.05) is 0 Å². The Morgan fingerprint density at radius 2 is 1.70 bits per heavy atom. The lowest BCUT2D eigenvalue weighted by molar-refractivity contribution is 0.169. The molecule has 0 bridgehead atoms. The van der Waals surface area contributed by atoms with Crippen LogP contribution in [0.15, 0.2) is 24.3 Å². The minimum absolute atomic E-state index is 0.476. The lowest BCUT2D eigenvalue weighted by Gasteiger charge is -2.37. The second kappa shape index (κ2) is 6.76. The van der Waals surface area contributed by atoms with Crippen LogP contribution < -0.4 is 5.73 Å².